The maximum absolute atomic E-state index is 10.9. The maximum atomic E-state index is 10.9. The minimum atomic E-state index is -0.279. The van der Waals surface area contributed by atoms with E-state index in [1.54, 1.807) is 13.8 Å². The molecule has 1 unspecified atom stereocenters. The van der Waals surface area contributed by atoms with Crippen LogP contribution in [0, 0.1) is 0 Å². The molecule has 0 saturated carbocycles. The van der Waals surface area contributed by atoms with Crippen LogP contribution in [0.25, 0.3) is 0 Å². The largest absolute Gasteiger partial charge is 0.370 e. The van der Waals surface area contributed by atoms with Gasteiger partial charge in [0.05, 0.1) is 6.61 Å². The van der Waals surface area contributed by atoms with E-state index in [2.05, 4.69) is 12.1 Å². The summed E-state index contributed by atoms with van der Waals surface area (Å²) < 4.78 is 5.36. The fraction of sp³-hybridized carbons (Fsp3) is 0.417. The van der Waals surface area contributed by atoms with Crippen LogP contribution < -0.4 is 0 Å². The molecular weight excluding hydrogens is 176 g/mol. The molecule has 0 aliphatic rings. The lowest BCUT2D eigenvalue weighted by atomic mass is 10.2. The SMILES string of the molecule is CC(=O)C(C)OCCc1ccccc1. The van der Waals surface area contributed by atoms with Gasteiger partial charge < -0.3 is 4.74 Å². The highest BCUT2D eigenvalue weighted by molar-refractivity contribution is 5.79. The number of Topliss-reactive ketones (excluding diaryl/α,β-unsaturated/α-hetero) is 1. The molecule has 0 amide bonds. The molecule has 2 nitrogen and oxygen atoms in total. The first-order valence-corrected chi connectivity index (χ1v) is 4.86. The lowest BCUT2D eigenvalue weighted by molar-refractivity contribution is -0.127. The van der Waals surface area contributed by atoms with E-state index in [1.165, 1.54) is 5.56 Å². The molecule has 1 rings (SSSR count). The van der Waals surface area contributed by atoms with Crippen molar-refractivity contribution in [1.29, 1.82) is 0 Å². The second-order valence-corrected chi connectivity index (χ2v) is 3.36. The lowest BCUT2D eigenvalue weighted by Crippen LogP contribution is -2.18. The van der Waals surface area contributed by atoms with Gasteiger partial charge in [-0.1, -0.05) is 30.3 Å². The molecule has 14 heavy (non-hydrogen) atoms. The van der Waals surface area contributed by atoms with Crippen molar-refractivity contribution in [2.45, 2.75) is 26.4 Å². The van der Waals surface area contributed by atoms with E-state index in [4.69, 9.17) is 4.74 Å². The van der Waals surface area contributed by atoms with Crippen LogP contribution >= 0.6 is 0 Å². The van der Waals surface area contributed by atoms with Gasteiger partial charge in [0.25, 0.3) is 0 Å². The van der Waals surface area contributed by atoms with Crippen LogP contribution in [0.4, 0.5) is 0 Å². The zero-order valence-corrected chi connectivity index (χ0v) is 8.69. The highest BCUT2D eigenvalue weighted by Gasteiger charge is 2.06. The number of carbonyl (C=O) groups excluding carboxylic acids is 1. The molecule has 1 atom stereocenters. The Balaban J connectivity index is 2.26. The predicted octanol–water partition coefficient (Wildman–Crippen LogP) is 2.22. The van der Waals surface area contributed by atoms with Crippen LogP contribution in [0.3, 0.4) is 0 Å². The van der Waals surface area contributed by atoms with Crippen molar-refractivity contribution in [3.05, 3.63) is 35.9 Å². The third kappa shape index (κ3) is 3.71. The Labute approximate surface area is 84.9 Å². The van der Waals surface area contributed by atoms with Gasteiger partial charge in [-0.3, -0.25) is 4.79 Å². The molecule has 0 spiro atoms. The average Bonchev–Trinajstić information content (AvgIpc) is 2.19. The standard InChI is InChI=1S/C12H16O2/c1-10(13)11(2)14-9-8-12-6-4-3-5-7-12/h3-7,11H,8-9H2,1-2H3. The molecule has 0 saturated heterocycles. The zero-order valence-electron chi connectivity index (χ0n) is 8.69. The zero-order chi connectivity index (χ0) is 10.4. The summed E-state index contributed by atoms with van der Waals surface area (Å²) >= 11 is 0. The van der Waals surface area contributed by atoms with E-state index in [1.807, 2.05) is 18.2 Å². The molecule has 76 valence electrons. The molecule has 0 bridgehead atoms. The average molecular weight is 192 g/mol. The van der Waals surface area contributed by atoms with Crippen LogP contribution in [0.15, 0.2) is 30.3 Å². The first-order chi connectivity index (χ1) is 6.70. The van der Waals surface area contributed by atoms with Gasteiger partial charge in [-0.05, 0) is 25.8 Å². The Hall–Kier alpha value is -1.15. The lowest BCUT2D eigenvalue weighted by Gasteiger charge is -2.09. The number of benzene rings is 1. The first-order valence-electron chi connectivity index (χ1n) is 4.86. The maximum Gasteiger partial charge on any atom is 0.158 e. The van der Waals surface area contributed by atoms with Crippen molar-refractivity contribution in [3.63, 3.8) is 0 Å². The van der Waals surface area contributed by atoms with Crippen molar-refractivity contribution < 1.29 is 9.53 Å². The third-order valence-electron chi connectivity index (χ3n) is 2.17. The molecule has 0 fully saturated rings. The van der Waals surface area contributed by atoms with Crippen LogP contribution in [-0.4, -0.2) is 18.5 Å². The number of ether oxygens (including phenoxy) is 1. The Morgan fingerprint density at radius 1 is 1.36 bits per heavy atom. The summed E-state index contributed by atoms with van der Waals surface area (Å²) in [6, 6.07) is 10.1. The molecule has 0 radical (unpaired) electrons. The summed E-state index contributed by atoms with van der Waals surface area (Å²) in [5.41, 5.74) is 1.24. The van der Waals surface area contributed by atoms with Gasteiger partial charge in [0.2, 0.25) is 0 Å². The Morgan fingerprint density at radius 2 is 2.00 bits per heavy atom. The Morgan fingerprint density at radius 3 is 2.57 bits per heavy atom. The molecule has 0 aliphatic heterocycles. The quantitative estimate of drug-likeness (QED) is 0.715. The van der Waals surface area contributed by atoms with Gasteiger partial charge >= 0.3 is 0 Å². The van der Waals surface area contributed by atoms with E-state index >= 15 is 0 Å². The summed E-state index contributed by atoms with van der Waals surface area (Å²) in [5, 5.41) is 0. The minimum Gasteiger partial charge on any atom is -0.370 e. The number of rotatable bonds is 5. The number of carbonyl (C=O) groups is 1. The number of ketones is 1. The van der Waals surface area contributed by atoms with E-state index in [-0.39, 0.29) is 11.9 Å². The highest BCUT2D eigenvalue weighted by Crippen LogP contribution is 2.01. The highest BCUT2D eigenvalue weighted by atomic mass is 16.5. The van der Waals surface area contributed by atoms with Crippen molar-refractivity contribution in [1.82, 2.24) is 0 Å². The summed E-state index contributed by atoms with van der Waals surface area (Å²) in [6.07, 6.45) is 0.581. The summed E-state index contributed by atoms with van der Waals surface area (Å²) in [5.74, 6) is 0.0815. The minimum absolute atomic E-state index is 0.0815. The summed E-state index contributed by atoms with van der Waals surface area (Å²) in [4.78, 5) is 10.9. The molecule has 0 N–H and O–H groups in total. The molecule has 2 heteroatoms. The Kier molecular flexibility index (Phi) is 4.33. The van der Waals surface area contributed by atoms with Gasteiger partial charge in [0.15, 0.2) is 5.78 Å². The summed E-state index contributed by atoms with van der Waals surface area (Å²) in [7, 11) is 0. The van der Waals surface area contributed by atoms with E-state index in [9.17, 15) is 4.79 Å². The normalized spacial score (nSPS) is 12.4. The van der Waals surface area contributed by atoms with Crippen molar-refractivity contribution >= 4 is 5.78 Å². The van der Waals surface area contributed by atoms with Gasteiger partial charge in [0, 0.05) is 0 Å². The number of hydrogen-bond donors (Lipinski definition) is 0. The molecule has 0 heterocycles. The van der Waals surface area contributed by atoms with E-state index in [0.717, 1.165) is 6.42 Å². The van der Waals surface area contributed by atoms with Crippen LogP contribution in [-0.2, 0) is 16.0 Å². The van der Waals surface area contributed by atoms with Crippen LogP contribution in [0.2, 0.25) is 0 Å². The number of hydrogen-bond acceptors (Lipinski definition) is 2. The molecule has 1 aromatic rings. The van der Waals surface area contributed by atoms with Crippen LogP contribution in [0.1, 0.15) is 19.4 Å². The summed E-state index contributed by atoms with van der Waals surface area (Å²) in [6.45, 7) is 3.94. The fourth-order valence-electron chi connectivity index (χ4n) is 1.12. The Bertz CT molecular complexity index is 280. The van der Waals surface area contributed by atoms with Crippen molar-refractivity contribution in [2.75, 3.05) is 6.61 Å². The van der Waals surface area contributed by atoms with Gasteiger partial charge in [-0.15, -0.1) is 0 Å². The smallest absolute Gasteiger partial charge is 0.158 e. The monoisotopic (exact) mass is 192 g/mol. The first kappa shape index (κ1) is 10.9. The van der Waals surface area contributed by atoms with Crippen molar-refractivity contribution in [3.8, 4) is 0 Å². The van der Waals surface area contributed by atoms with Crippen LogP contribution in [0.5, 0.6) is 0 Å². The molecule has 0 aromatic heterocycles. The second-order valence-electron chi connectivity index (χ2n) is 3.36. The van der Waals surface area contributed by atoms with E-state index in [0.29, 0.717) is 6.61 Å². The third-order valence-corrected chi connectivity index (χ3v) is 2.17. The fourth-order valence-corrected chi connectivity index (χ4v) is 1.12. The predicted molar refractivity (Wildman–Crippen MR) is 56.2 cm³/mol. The second kappa shape index (κ2) is 5.55. The van der Waals surface area contributed by atoms with Gasteiger partial charge in [0.1, 0.15) is 6.10 Å². The molecule has 0 aliphatic carbocycles. The van der Waals surface area contributed by atoms with Gasteiger partial charge in [-0.25, -0.2) is 0 Å². The molecule has 1 aromatic carbocycles. The topological polar surface area (TPSA) is 26.3 Å². The molecular formula is C12H16O2. The van der Waals surface area contributed by atoms with E-state index < -0.39 is 0 Å². The van der Waals surface area contributed by atoms with Crippen molar-refractivity contribution in [2.24, 2.45) is 0 Å². The van der Waals surface area contributed by atoms with Gasteiger partial charge in [-0.2, -0.15) is 0 Å².